The Morgan fingerprint density at radius 2 is 1.86 bits per heavy atom. The van der Waals surface area contributed by atoms with Gasteiger partial charge in [0.15, 0.2) is 0 Å². The average molecular weight is 340 g/mol. The maximum Gasteiger partial charge on any atom is 0.255 e. The highest BCUT2D eigenvalue weighted by Gasteiger charge is 2.06. The average Bonchev–Trinajstić information content (AvgIpc) is 2.46. The summed E-state index contributed by atoms with van der Waals surface area (Å²) in [5.74, 6) is 0. The molecule has 0 heterocycles. The highest BCUT2D eigenvalue weighted by Crippen LogP contribution is 2.20. The first kappa shape index (κ1) is 15.9. The Hall–Kier alpha value is -1.43. The molecular formula is C15H14ClNO2S2. The summed E-state index contributed by atoms with van der Waals surface area (Å²) in [6.07, 6.45) is 3.46. The van der Waals surface area contributed by atoms with E-state index in [0.29, 0.717) is 10.7 Å². The predicted octanol–water partition coefficient (Wildman–Crippen LogP) is 4.47. The van der Waals surface area contributed by atoms with E-state index in [9.17, 15) is 8.42 Å². The third-order valence-electron chi connectivity index (χ3n) is 2.64. The minimum atomic E-state index is -3.54. The van der Waals surface area contributed by atoms with Gasteiger partial charge in [0, 0.05) is 15.6 Å². The van der Waals surface area contributed by atoms with Crippen LogP contribution in [0.1, 0.15) is 5.56 Å². The van der Waals surface area contributed by atoms with E-state index in [1.165, 1.54) is 6.08 Å². The molecule has 0 aliphatic rings. The highest BCUT2D eigenvalue weighted by atomic mass is 35.5. The zero-order chi connectivity index (χ0) is 15.3. The number of anilines is 1. The minimum Gasteiger partial charge on any atom is -0.280 e. The molecule has 0 aliphatic heterocycles. The lowest BCUT2D eigenvalue weighted by Gasteiger charge is -2.05. The lowest BCUT2D eigenvalue weighted by Crippen LogP contribution is -2.08. The SMILES string of the molecule is CSc1cccc(NS(=O)(=O)C=Cc2ccc(Cl)cc2)c1. The molecule has 0 aliphatic carbocycles. The number of halogens is 1. The van der Waals surface area contributed by atoms with Gasteiger partial charge in [0.1, 0.15) is 0 Å². The number of hydrogen-bond acceptors (Lipinski definition) is 3. The maximum absolute atomic E-state index is 12.0. The second-order valence-electron chi connectivity index (χ2n) is 4.23. The zero-order valence-corrected chi connectivity index (χ0v) is 13.7. The first-order chi connectivity index (χ1) is 9.98. The second-order valence-corrected chi connectivity index (χ2v) is 7.12. The Morgan fingerprint density at radius 3 is 2.52 bits per heavy atom. The van der Waals surface area contributed by atoms with Crippen LogP contribution in [0, 0.1) is 0 Å². The summed E-state index contributed by atoms with van der Waals surface area (Å²) in [5, 5.41) is 1.75. The summed E-state index contributed by atoms with van der Waals surface area (Å²) in [5.41, 5.74) is 1.31. The summed E-state index contributed by atoms with van der Waals surface area (Å²) < 4.78 is 26.5. The van der Waals surface area contributed by atoms with Gasteiger partial charge in [-0.1, -0.05) is 29.8 Å². The molecule has 6 heteroatoms. The Labute approximate surface area is 134 Å². The molecule has 0 fully saturated rings. The molecule has 2 rings (SSSR count). The van der Waals surface area contributed by atoms with Gasteiger partial charge >= 0.3 is 0 Å². The molecule has 110 valence electrons. The normalized spacial score (nSPS) is 11.7. The van der Waals surface area contributed by atoms with E-state index < -0.39 is 10.0 Å². The molecular weight excluding hydrogens is 326 g/mol. The van der Waals surface area contributed by atoms with E-state index in [4.69, 9.17) is 11.6 Å². The van der Waals surface area contributed by atoms with Gasteiger partial charge in [-0.25, -0.2) is 8.42 Å². The van der Waals surface area contributed by atoms with Crippen molar-refractivity contribution in [1.29, 1.82) is 0 Å². The summed E-state index contributed by atoms with van der Waals surface area (Å²) in [4.78, 5) is 0.997. The van der Waals surface area contributed by atoms with Gasteiger partial charge in [-0.15, -0.1) is 11.8 Å². The molecule has 0 saturated heterocycles. The topological polar surface area (TPSA) is 46.2 Å². The van der Waals surface area contributed by atoms with E-state index in [1.807, 2.05) is 18.4 Å². The van der Waals surface area contributed by atoms with Gasteiger partial charge in [0.2, 0.25) is 0 Å². The monoisotopic (exact) mass is 339 g/mol. The van der Waals surface area contributed by atoms with Crippen LogP contribution in [0.2, 0.25) is 5.02 Å². The molecule has 0 unspecified atom stereocenters. The van der Waals surface area contributed by atoms with E-state index in [0.717, 1.165) is 15.9 Å². The van der Waals surface area contributed by atoms with E-state index in [2.05, 4.69) is 4.72 Å². The van der Waals surface area contributed by atoms with Crippen molar-refractivity contribution in [2.45, 2.75) is 4.90 Å². The number of benzene rings is 2. The van der Waals surface area contributed by atoms with Crippen LogP contribution < -0.4 is 4.72 Å². The number of thioether (sulfide) groups is 1. The van der Waals surface area contributed by atoms with Crippen molar-refractivity contribution < 1.29 is 8.42 Å². The van der Waals surface area contributed by atoms with Crippen LogP contribution in [0.4, 0.5) is 5.69 Å². The fraction of sp³-hybridized carbons (Fsp3) is 0.0667. The van der Waals surface area contributed by atoms with Crippen LogP contribution in [-0.2, 0) is 10.0 Å². The largest absolute Gasteiger partial charge is 0.280 e. The minimum absolute atomic E-state index is 0.544. The molecule has 0 saturated carbocycles. The molecule has 0 amide bonds. The molecule has 0 aromatic heterocycles. The van der Waals surface area contributed by atoms with E-state index >= 15 is 0 Å². The van der Waals surface area contributed by atoms with Gasteiger partial charge < -0.3 is 0 Å². The zero-order valence-electron chi connectivity index (χ0n) is 11.3. The molecule has 2 aromatic carbocycles. The Kier molecular flexibility index (Phi) is 5.33. The lowest BCUT2D eigenvalue weighted by atomic mass is 10.2. The quantitative estimate of drug-likeness (QED) is 0.817. The molecule has 0 spiro atoms. The number of hydrogen-bond donors (Lipinski definition) is 1. The summed E-state index contributed by atoms with van der Waals surface area (Å²) in [6, 6.07) is 14.2. The fourth-order valence-electron chi connectivity index (χ4n) is 1.63. The number of sulfonamides is 1. The molecule has 2 aromatic rings. The highest BCUT2D eigenvalue weighted by molar-refractivity contribution is 7.98. The molecule has 0 bridgehead atoms. The van der Waals surface area contributed by atoms with Crippen molar-refractivity contribution >= 4 is 45.1 Å². The van der Waals surface area contributed by atoms with Gasteiger partial charge in [0.25, 0.3) is 10.0 Å². The van der Waals surface area contributed by atoms with Crippen molar-refractivity contribution in [3.63, 3.8) is 0 Å². The molecule has 0 atom stereocenters. The van der Waals surface area contributed by atoms with Gasteiger partial charge in [-0.3, -0.25) is 4.72 Å². The standard InChI is InChI=1S/C15H14ClNO2S2/c1-20-15-4-2-3-14(11-15)17-21(18,19)10-9-12-5-7-13(16)8-6-12/h2-11,17H,1H3. The first-order valence-electron chi connectivity index (χ1n) is 6.09. The van der Waals surface area contributed by atoms with E-state index in [1.54, 1.807) is 48.2 Å². The summed E-state index contributed by atoms with van der Waals surface area (Å²) in [7, 11) is -3.54. The summed E-state index contributed by atoms with van der Waals surface area (Å²) in [6.45, 7) is 0. The second kappa shape index (κ2) is 7.02. The Balaban J connectivity index is 2.12. The van der Waals surface area contributed by atoms with Crippen LogP contribution in [0.3, 0.4) is 0 Å². The number of rotatable bonds is 5. The molecule has 0 radical (unpaired) electrons. The smallest absolute Gasteiger partial charge is 0.255 e. The molecule has 1 N–H and O–H groups in total. The Bertz CT molecular complexity index is 741. The predicted molar refractivity (Wildman–Crippen MR) is 91.3 cm³/mol. The van der Waals surface area contributed by atoms with Crippen LogP contribution >= 0.6 is 23.4 Å². The lowest BCUT2D eigenvalue weighted by molar-refractivity contribution is 0.609. The van der Waals surface area contributed by atoms with Gasteiger partial charge in [-0.2, -0.15) is 0 Å². The fourth-order valence-corrected chi connectivity index (χ4v) is 3.07. The Morgan fingerprint density at radius 1 is 1.14 bits per heavy atom. The third-order valence-corrected chi connectivity index (χ3v) is 4.63. The van der Waals surface area contributed by atoms with Gasteiger partial charge in [0.05, 0.1) is 5.41 Å². The first-order valence-corrected chi connectivity index (χ1v) is 9.24. The van der Waals surface area contributed by atoms with E-state index in [-0.39, 0.29) is 0 Å². The van der Waals surface area contributed by atoms with Crippen LogP contribution in [-0.4, -0.2) is 14.7 Å². The van der Waals surface area contributed by atoms with Crippen molar-refractivity contribution in [1.82, 2.24) is 0 Å². The van der Waals surface area contributed by atoms with Crippen LogP contribution in [0.25, 0.3) is 6.08 Å². The molecule has 21 heavy (non-hydrogen) atoms. The molecule has 3 nitrogen and oxygen atoms in total. The van der Waals surface area contributed by atoms with Gasteiger partial charge in [-0.05, 0) is 48.2 Å². The van der Waals surface area contributed by atoms with Crippen molar-refractivity contribution in [3.05, 3.63) is 64.5 Å². The maximum atomic E-state index is 12.0. The van der Waals surface area contributed by atoms with Crippen LogP contribution in [0.5, 0.6) is 0 Å². The third kappa shape index (κ3) is 5.12. The van der Waals surface area contributed by atoms with Crippen LogP contribution in [0.15, 0.2) is 58.8 Å². The van der Waals surface area contributed by atoms with Crippen molar-refractivity contribution in [2.24, 2.45) is 0 Å². The number of nitrogens with one attached hydrogen (secondary N) is 1. The van der Waals surface area contributed by atoms with Crippen molar-refractivity contribution in [3.8, 4) is 0 Å². The van der Waals surface area contributed by atoms with Crippen molar-refractivity contribution in [2.75, 3.05) is 11.0 Å². The summed E-state index contributed by atoms with van der Waals surface area (Å²) >= 11 is 7.34.